The van der Waals surface area contributed by atoms with Crippen LogP contribution in [0.1, 0.15) is 0 Å². The van der Waals surface area contributed by atoms with Crippen molar-refractivity contribution in [3.63, 3.8) is 0 Å². The minimum Gasteiger partial charge on any atom is -0.382 e. The average molecular weight is 304 g/mol. The summed E-state index contributed by atoms with van der Waals surface area (Å²) < 4.78 is 15.3. The predicted molar refractivity (Wildman–Crippen MR) is 58.4 cm³/mol. The van der Waals surface area contributed by atoms with Gasteiger partial charge in [0.2, 0.25) is 0 Å². The van der Waals surface area contributed by atoms with Gasteiger partial charge in [-0.25, -0.2) is 14.1 Å². The minimum atomic E-state index is -0.392. The molecule has 0 bridgehead atoms. The van der Waals surface area contributed by atoms with Crippen LogP contribution < -0.4 is 5.73 Å². The molecule has 0 saturated heterocycles. The molecule has 4 nitrogen and oxygen atoms in total. The lowest BCUT2D eigenvalue weighted by molar-refractivity contribution is 0.594. The molecule has 72 valence electrons. The highest BCUT2D eigenvalue weighted by molar-refractivity contribution is 14.1. The summed E-state index contributed by atoms with van der Waals surface area (Å²) in [5, 5.41) is 3.87. The van der Waals surface area contributed by atoms with Crippen LogP contribution in [0.5, 0.6) is 0 Å². The monoisotopic (exact) mass is 304 g/mol. The molecule has 2 rings (SSSR count). The molecule has 2 heterocycles. The van der Waals surface area contributed by atoms with Crippen molar-refractivity contribution in [2.45, 2.75) is 0 Å². The number of halogens is 2. The lowest BCUT2D eigenvalue weighted by Gasteiger charge is -2.02. The molecule has 0 saturated carbocycles. The number of nitrogen functional groups attached to an aromatic ring is 1. The number of aromatic nitrogens is 3. The van der Waals surface area contributed by atoms with Gasteiger partial charge in [-0.15, -0.1) is 5.10 Å². The lowest BCUT2D eigenvalue weighted by atomic mass is 10.4. The topological polar surface area (TPSA) is 56.7 Å². The van der Waals surface area contributed by atoms with E-state index in [0.29, 0.717) is 9.39 Å². The zero-order valence-electron chi connectivity index (χ0n) is 6.98. The first-order chi connectivity index (χ1) is 6.68. The summed E-state index contributed by atoms with van der Waals surface area (Å²) in [7, 11) is 0. The van der Waals surface area contributed by atoms with Crippen molar-refractivity contribution >= 4 is 28.4 Å². The summed E-state index contributed by atoms with van der Waals surface area (Å²) in [6.07, 6.45) is 3.09. The Morgan fingerprint density at radius 3 is 2.86 bits per heavy atom. The van der Waals surface area contributed by atoms with E-state index >= 15 is 0 Å². The first-order valence-electron chi connectivity index (χ1n) is 3.80. The third-order valence-corrected chi connectivity index (χ3v) is 2.48. The maximum atomic E-state index is 13.5. The first-order valence-corrected chi connectivity index (χ1v) is 4.88. The third-order valence-electron chi connectivity index (χ3n) is 1.65. The van der Waals surface area contributed by atoms with E-state index in [0.717, 1.165) is 0 Å². The molecule has 0 atom stereocenters. The fourth-order valence-corrected chi connectivity index (χ4v) is 1.43. The van der Waals surface area contributed by atoms with Gasteiger partial charge >= 0.3 is 0 Å². The number of hydrogen-bond donors (Lipinski definition) is 1. The average Bonchev–Trinajstić information content (AvgIpc) is 2.57. The summed E-state index contributed by atoms with van der Waals surface area (Å²) in [6.45, 7) is 0. The Morgan fingerprint density at radius 2 is 2.21 bits per heavy atom. The normalized spacial score (nSPS) is 10.4. The van der Waals surface area contributed by atoms with Crippen LogP contribution >= 0.6 is 22.6 Å². The van der Waals surface area contributed by atoms with Crippen LogP contribution in [-0.4, -0.2) is 14.8 Å². The number of hydrogen-bond acceptors (Lipinski definition) is 3. The fraction of sp³-hybridized carbons (Fsp3) is 0. The van der Waals surface area contributed by atoms with Gasteiger partial charge in [0.25, 0.3) is 0 Å². The molecule has 0 aliphatic rings. The minimum absolute atomic E-state index is 0.161. The number of anilines is 1. The molecular formula is C8H6FIN4. The van der Waals surface area contributed by atoms with Crippen molar-refractivity contribution in [3.8, 4) is 5.82 Å². The number of rotatable bonds is 1. The quantitative estimate of drug-likeness (QED) is 0.814. The van der Waals surface area contributed by atoms with Crippen molar-refractivity contribution < 1.29 is 4.39 Å². The number of nitrogens with two attached hydrogens (primary N) is 1. The Hall–Kier alpha value is -1.18. The van der Waals surface area contributed by atoms with Crippen LogP contribution in [-0.2, 0) is 0 Å². The molecule has 0 spiro atoms. The van der Waals surface area contributed by atoms with E-state index in [9.17, 15) is 4.39 Å². The van der Waals surface area contributed by atoms with Gasteiger partial charge in [-0.05, 0) is 28.7 Å². The van der Waals surface area contributed by atoms with Crippen molar-refractivity contribution in [2.75, 3.05) is 5.73 Å². The van der Waals surface area contributed by atoms with E-state index in [4.69, 9.17) is 5.73 Å². The van der Waals surface area contributed by atoms with Crippen LogP contribution in [0.4, 0.5) is 10.2 Å². The van der Waals surface area contributed by atoms with Crippen molar-refractivity contribution in [2.24, 2.45) is 0 Å². The van der Waals surface area contributed by atoms with Gasteiger partial charge in [0.1, 0.15) is 5.82 Å². The molecule has 2 N–H and O–H groups in total. The Labute approximate surface area is 93.1 Å². The van der Waals surface area contributed by atoms with Gasteiger partial charge in [0.05, 0.1) is 3.57 Å². The molecule has 2 aromatic heterocycles. The van der Waals surface area contributed by atoms with E-state index in [-0.39, 0.29) is 5.82 Å². The van der Waals surface area contributed by atoms with Crippen LogP contribution in [0.2, 0.25) is 0 Å². The Morgan fingerprint density at radius 1 is 1.43 bits per heavy atom. The van der Waals surface area contributed by atoms with Crippen molar-refractivity contribution in [1.82, 2.24) is 14.8 Å². The molecule has 0 fully saturated rings. The summed E-state index contributed by atoms with van der Waals surface area (Å²) in [5.74, 6) is 0.106. The summed E-state index contributed by atoms with van der Waals surface area (Å²) in [6, 6.07) is 3.17. The number of pyridine rings is 1. The lowest BCUT2D eigenvalue weighted by Crippen LogP contribution is -2.03. The second-order valence-corrected chi connectivity index (χ2v) is 3.78. The van der Waals surface area contributed by atoms with Gasteiger partial charge in [0, 0.05) is 18.5 Å². The van der Waals surface area contributed by atoms with Gasteiger partial charge in [0.15, 0.2) is 11.6 Å². The zero-order valence-corrected chi connectivity index (χ0v) is 9.14. The summed E-state index contributed by atoms with van der Waals surface area (Å²) in [4.78, 5) is 3.89. The molecule has 0 amide bonds. The highest BCUT2D eigenvalue weighted by Gasteiger charge is 2.09. The van der Waals surface area contributed by atoms with Crippen LogP contribution in [0.3, 0.4) is 0 Å². The molecule has 6 heteroatoms. The molecule has 0 aromatic carbocycles. The third kappa shape index (κ3) is 1.57. The highest BCUT2D eigenvalue weighted by Crippen LogP contribution is 2.15. The van der Waals surface area contributed by atoms with Crippen molar-refractivity contribution in [1.29, 1.82) is 0 Å². The summed E-state index contributed by atoms with van der Waals surface area (Å²) in [5.41, 5.74) is 5.42. The maximum Gasteiger partial charge on any atom is 0.190 e. The Kier molecular flexibility index (Phi) is 2.36. The van der Waals surface area contributed by atoms with E-state index in [1.165, 1.54) is 10.9 Å². The second kappa shape index (κ2) is 3.52. The maximum absolute atomic E-state index is 13.5. The van der Waals surface area contributed by atoms with Crippen LogP contribution in [0.25, 0.3) is 5.82 Å². The molecule has 14 heavy (non-hydrogen) atoms. The van der Waals surface area contributed by atoms with Crippen LogP contribution in [0.15, 0.2) is 24.5 Å². The molecule has 2 aromatic rings. The van der Waals surface area contributed by atoms with Crippen LogP contribution in [0, 0.1) is 9.39 Å². The standard InChI is InChI=1S/C8H6FIN4/c9-7-5(10)1-3-12-8(7)14-4-2-6(11)13-14/h1-4H,(H2,11,13). The van der Waals surface area contributed by atoms with E-state index in [2.05, 4.69) is 10.1 Å². The van der Waals surface area contributed by atoms with Crippen molar-refractivity contribution in [3.05, 3.63) is 33.9 Å². The Bertz CT molecular complexity index is 468. The predicted octanol–water partition coefficient (Wildman–Crippen LogP) is 1.59. The highest BCUT2D eigenvalue weighted by atomic mass is 127. The van der Waals surface area contributed by atoms with Gasteiger partial charge in [-0.2, -0.15) is 0 Å². The fourth-order valence-electron chi connectivity index (χ4n) is 1.03. The molecular weight excluding hydrogens is 298 g/mol. The second-order valence-electron chi connectivity index (χ2n) is 2.62. The zero-order chi connectivity index (χ0) is 10.1. The van der Waals surface area contributed by atoms with Gasteiger partial charge < -0.3 is 5.73 Å². The van der Waals surface area contributed by atoms with E-state index in [1.807, 2.05) is 22.6 Å². The van der Waals surface area contributed by atoms with Gasteiger partial charge in [-0.3, -0.25) is 0 Å². The van der Waals surface area contributed by atoms with Gasteiger partial charge in [-0.1, -0.05) is 0 Å². The smallest absolute Gasteiger partial charge is 0.190 e. The first kappa shape index (κ1) is 9.38. The molecule has 0 unspecified atom stereocenters. The SMILES string of the molecule is Nc1ccn(-c2nccc(I)c2F)n1. The van der Waals surface area contributed by atoms with E-state index in [1.54, 1.807) is 18.3 Å². The Balaban J connectivity index is 2.57. The molecule has 0 radical (unpaired) electrons. The summed E-state index contributed by atoms with van der Waals surface area (Å²) >= 11 is 1.90. The van der Waals surface area contributed by atoms with E-state index < -0.39 is 5.82 Å². The number of nitrogens with zero attached hydrogens (tertiary/aromatic N) is 3. The molecule has 0 aliphatic heterocycles. The largest absolute Gasteiger partial charge is 0.382 e. The molecule has 0 aliphatic carbocycles.